The Hall–Kier alpha value is -1.13. The SMILES string of the molecule is OCc1nn(-c2ccc(Br)cc2)c2c1CCCC2. The summed E-state index contributed by atoms with van der Waals surface area (Å²) in [7, 11) is 0. The van der Waals surface area contributed by atoms with Gasteiger partial charge in [-0.05, 0) is 55.5 Å². The highest BCUT2D eigenvalue weighted by molar-refractivity contribution is 9.10. The summed E-state index contributed by atoms with van der Waals surface area (Å²) in [5.74, 6) is 0. The van der Waals surface area contributed by atoms with Crippen molar-refractivity contribution in [1.82, 2.24) is 9.78 Å². The molecule has 0 atom stereocenters. The Bertz CT molecular complexity index is 560. The van der Waals surface area contributed by atoms with Gasteiger partial charge in [0.15, 0.2) is 0 Å². The Balaban J connectivity index is 2.11. The molecule has 0 saturated carbocycles. The lowest BCUT2D eigenvalue weighted by atomic mass is 9.96. The molecule has 1 aliphatic rings. The molecule has 1 heterocycles. The van der Waals surface area contributed by atoms with Gasteiger partial charge in [-0.3, -0.25) is 0 Å². The van der Waals surface area contributed by atoms with Gasteiger partial charge in [-0.2, -0.15) is 5.10 Å². The van der Waals surface area contributed by atoms with Crippen LogP contribution >= 0.6 is 15.9 Å². The van der Waals surface area contributed by atoms with Gasteiger partial charge in [0.2, 0.25) is 0 Å². The van der Waals surface area contributed by atoms with Crippen molar-refractivity contribution in [3.05, 3.63) is 45.7 Å². The van der Waals surface area contributed by atoms with Crippen LogP contribution in [0.5, 0.6) is 0 Å². The van der Waals surface area contributed by atoms with Crippen molar-refractivity contribution in [3.8, 4) is 5.69 Å². The van der Waals surface area contributed by atoms with Gasteiger partial charge in [-0.15, -0.1) is 0 Å². The number of halogens is 1. The molecule has 0 saturated heterocycles. The van der Waals surface area contributed by atoms with Crippen LogP contribution in [0.1, 0.15) is 29.8 Å². The fourth-order valence-electron chi connectivity index (χ4n) is 2.60. The van der Waals surface area contributed by atoms with Crippen LogP contribution in [-0.2, 0) is 19.4 Å². The minimum Gasteiger partial charge on any atom is -0.390 e. The highest BCUT2D eigenvalue weighted by Crippen LogP contribution is 2.27. The van der Waals surface area contributed by atoms with Crippen molar-refractivity contribution < 1.29 is 5.11 Å². The van der Waals surface area contributed by atoms with E-state index in [0.717, 1.165) is 28.7 Å². The lowest BCUT2D eigenvalue weighted by Gasteiger charge is -2.14. The molecule has 4 heteroatoms. The van der Waals surface area contributed by atoms with E-state index in [-0.39, 0.29) is 6.61 Å². The largest absolute Gasteiger partial charge is 0.390 e. The number of rotatable bonds is 2. The molecule has 0 amide bonds. The van der Waals surface area contributed by atoms with Gasteiger partial charge in [0.1, 0.15) is 0 Å². The zero-order valence-corrected chi connectivity index (χ0v) is 11.7. The first-order valence-electron chi connectivity index (χ1n) is 6.26. The Kier molecular flexibility index (Phi) is 3.22. The molecule has 3 nitrogen and oxygen atoms in total. The fraction of sp³-hybridized carbons (Fsp3) is 0.357. The molecule has 0 bridgehead atoms. The van der Waals surface area contributed by atoms with Gasteiger partial charge < -0.3 is 5.11 Å². The summed E-state index contributed by atoms with van der Waals surface area (Å²) in [4.78, 5) is 0. The van der Waals surface area contributed by atoms with Crippen LogP contribution < -0.4 is 0 Å². The number of fused-ring (bicyclic) bond motifs is 1. The zero-order valence-electron chi connectivity index (χ0n) is 10.1. The topological polar surface area (TPSA) is 38.1 Å². The Morgan fingerprint density at radius 3 is 2.61 bits per heavy atom. The number of hydrogen-bond acceptors (Lipinski definition) is 2. The normalized spacial score (nSPS) is 14.6. The van der Waals surface area contributed by atoms with Crippen LogP contribution in [0.2, 0.25) is 0 Å². The molecular weight excluding hydrogens is 292 g/mol. The summed E-state index contributed by atoms with van der Waals surface area (Å²) in [6.45, 7) is 0.0336. The van der Waals surface area contributed by atoms with Gasteiger partial charge >= 0.3 is 0 Å². The molecule has 0 aliphatic heterocycles. The van der Waals surface area contributed by atoms with Crippen LogP contribution in [0.25, 0.3) is 5.69 Å². The van der Waals surface area contributed by atoms with Crippen molar-refractivity contribution in [2.75, 3.05) is 0 Å². The molecule has 0 spiro atoms. The van der Waals surface area contributed by atoms with E-state index in [9.17, 15) is 5.11 Å². The summed E-state index contributed by atoms with van der Waals surface area (Å²) < 4.78 is 3.06. The molecule has 0 radical (unpaired) electrons. The lowest BCUT2D eigenvalue weighted by Crippen LogP contribution is -2.07. The minimum absolute atomic E-state index is 0.0336. The maximum absolute atomic E-state index is 9.41. The van der Waals surface area contributed by atoms with Crippen molar-refractivity contribution in [3.63, 3.8) is 0 Å². The molecule has 1 N–H and O–H groups in total. The van der Waals surface area contributed by atoms with Crippen LogP contribution in [0.4, 0.5) is 0 Å². The molecule has 2 aromatic rings. The summed E-state index contributed by atoms with van der Waals surface area (Å²) >= 11 is 3.44. The number of aliphatic hydroxyl groups excluding tert-OH is 1. The standard InChI is InChI=1S/C14H15BrN2O/c15-10-5-7-11(8-6-10)17-14-4-2-1-3-12(14)13(9-18)16-17/h5-8,18H,1-4,9H2. The third-order valence-corrected chi connectivity index (χ3v) is 4.01. The number of aromatic nitrogens is 2. The number of hydrogen-bond donors (Lipinski definition) is 1. The van der Waals surface area contributed by atoms with Crippen molar-refractivity contribution >= 4 is 15.9 Å². The summed E-state index contributed by atoms with van der Waals surface area (Å²) in [5, 5.41) is 14.0. The predicted molar refractivity (Wildman–Crippen MR) is 73.8 cm³/mol. The molecule has 1 aliphatic carbocycles. The van der Waals surface area contributed by atoms with Crippen LogP contribution in [0.15, 0.2) is 28.7 Å². The van der Waals surface area contributed by atoms with Crippen molar-refractivity contribution in [1.29, 1.82) is 0 Å². The van der Waals surface area contributed by atoms with E-state index in [1.807, 2.05) is 28.9 Å². The second kappa shape index (κ2) is 4.86. The van der Waals surface area contributed by atoms with E-state index in [1.54, 1.807) is 0 Å². The van der Waals surface area contributed by atoms with Gasteiger partial charge in [0.25, 0.3) is 0 Å². The number of nitrogens with zero attached hydrogens (tertiary/aromatic N) is 2. The highest BCUT2D eigenvalue weighted by Gasteiger charge is 2.20. The number of benzene rings is 1. The van der Waals surface area contributed by atoms with Gasteiger partial charge in [0.05, 0.1) is 18.0 Å². The van der Waals surface area contributed by atoms with E-state index in [2.05, 4.69) is 21.0 Å². The summed E-state index contributed by atoms with van der Waals surface area (Å²) in [6.07, 6.45) is 4.51. The predicted octanol–water partition coefficient (Wildman–Crippen LogP) is 3.01. The molecular formula is C14H15BrN2O. The zero-order chi connectivity index (χ0) is 12.5. The van der Waals surface area contributed by atoms with Crippen molar-refractivity contribution in [2.24, 2.45) is 0 Å². The van der Waals surface area contributed by atoms with E-state index in [4.69, 9.17) is 0 Å². The maximum atomic E-state index is 9.41. The summed E-state index contributed by atoms with van der Waals surface area (Å²) in [6, 6.07) is 8.13. The molecule has 3 rings (SSSR count). The van der Waals surface area contributed by atoms with E-state index < -0.39 is 0 Å². The van der Waals surface area contributed by atoms with Crippen LogP contribution in [0, 0.1) is 0 Å². The van der Waals surface area contributed by atoms with Gasteiger partial charge in [-0.25, -0.2) is 4.68 Å². The third-order valence-electron chi connectivity index (χ3n) is 3.48. The van der Waals surface area contributed by atoms with E-state index >= 15 is 0 Å². The molecule has 1 aromatic heterocycles. The Labute approximate surface area is 115 Å². The van der Waals surface area contributed by atoms with E-state index in [0.29, 0.717) is 0 Å². The molecule has 1 aromatic carbocycles. The molecule has 0 unspecified atom stereocenters. The maximum Gasteiger partial charge on any atom is 0.0918 e. The highest BCUT2D eigenvalue weighted by atomic mass is 79.9. The van der Waals surface area contributed by atoms with E-state index in [1.165, 1.54) is 24.1 Å². The second-order valence-electron chi connectivity index (χ2n) is 4.63. The minimum atomic E-state index is 0.0336. The molecule has 0 fully saturated rings. The first-order valence-corrected chi connectivity index (χ1v) is 7.05. The van der Waals surface area contributed by atoms with Gasteiger partial charge in [-0.1, -0.05) is 15.9 Å². The fourth-order valence-corrected chi connectivity index (χ4v) is 2.86. The Morgan fingerprint density at radius 1 is 1.17 bits per heavy atom. The van der Waals surface area contributed by atoms with Crippen molar-refractivity contribution in [2.45, 2.75) is 32.3 Å². The average Bonchev–Trinajstić information content (AvgIpc) is 2.79. The lowest BCUT2D eigenvalue weighted by molar-refractivity contribution is 0.275. The van der Waals surface area contributed by atoms with Gasteiger partial charge in [0, 0.05) is 10.2 Å². The summed E-state index contributed by atoms with van der Waals surface area (Å²) in [5.41, 5.74) is 4.43. The monoisotopic (exact) mass is 306 g/mol. The van der Waals surface area contributed by atoms with Crippen LogP contribution in [-0.4, -0.2) is 14.9 Å². The first kappa shape index (κ1) is 11.9. The quantitative estimate of drug-likeness (QED) is 0.926. The Morgan fingerprint density at radius 2 is 1.89 bits per heavy atom. The van der Waals surface area contributed by atoms with Crippen LogP contribution in [0.3, 0.4) is 0 Å². The smallest absolute Gasteiger partial charge is 0.0918 e. The number of aliphatic hydroxyl groups is 1. The second-order valence-corrected chi connectivity index (χ2v) is 5.54. The first-order chi connectivity index (χ1) is 8.79. The third kappa shape index (κ3) is 1.99. The average molecular weight is 307 g/mol. The molecule has 94 valence electrons. The molecule has 18 heavy (non-hydrogen) atoms.